The summed E-state index contributed by atoms with van der Waals surface area (Å²) in [4.78, 5) is 11.7. The van der Waals surface area contributed by atoms with Crippen molar-refractivity contribution >= 4 is 5.78 Å². The third-order valence-electron chi connectivity index (χ3n) is 4.06. The summed E-state index contributed by atoms with van der Waals surface area (Å²) in [5, 5.41) is 10.4. The highest BCUT2D eigenvalue weighted by molar-refractivity contribution is 5.92. The van der Waals surface area contributed by atoms with Gasteiger partial charge < -0.3 is 5.11 Å². The Morgan fingerprint density at radius 3 is 3.00 bits per heavy atom. The number of hydrogen-bond acceptors (Lipinski definition) is 2. The summed E-state index contributed by atoms with van der Waals surface area (Å²) in [6, 6.07) is 0. The second kappa shape index (κ2) is 3.65. The minimum absolute atomic E-state index is 0.00175. The van der Waals surface area contributed by atoms with Gasteiger partial charge in [0.05, 0.1) is 5.60 Å². The van der Waals surface area contributed by atoms with Crippen LogP contribution in [0, 0.1) is 11.8 Å². The lowest BCUT2D eigenvalue weighted by Gasteiger charge is -2.53. The van der Waals surface area contributed by atoms with Crippen LogP contribution >= 0.6 is 0 Å². The van der Waals surface area contributed by atoms with Crippen LogP contribution < -0.4 is 0 Å². The first kappa shape index (κ1) is 10.2. The quantitative estimate of drug-likeness (QED) is 0.752. The van der Waals surface area contributed by atoms with E-state index in [0.717, 1.165) is 44.9 Å². The minimum Gasteiger partial charge on any atom is -0.388 e. The molecule has 3 unspecified atom stereocenters. The van der Waals surface area contributed by atoms with E-state index in [9.17, 15) is 9.90 Å². The van der Waals surface area contributed by atoms with Crippen LogP contribution in [0.5, 0.6) is 0 Å². The molecule has 0 aromatic rings. The molecule has 2 saturated carbocycles. The molecule has 0 radical (unpaired) electrons. The summed E-state index contributed by atoms with van der Waals surface area (Å²) in [7, 11) is 0. The molecule has 0 saturated heterocycles. The number of carbonyl (C=O) groups excluding carboxylic acids is 1. The first-order chi connectivity index (χ1) is 6.70. The highest BCUT2D eigenvalue weighted by Crippen LogP contribution is 2.51. The maximum Gasteiger partial charge on any atom is 0.144 e. The number of unbranched alkanes of at least 4 members (excludes halogenated alkanes) is 1. The summed E-state index contributed by atoms with van der Waals surface area (Å²) < 4.78 is 0. The molecule has 2 nitrogen and oxygen atoms in total. The highest BCUT2D eigenvalue weighted by Gasteiger charge is 2.60. The molecular weight excluding hydrogens is 176 g/mol. The van der Waals surface area contributed by atoms with Crippen molar-refractivity contribution in [3.05, 3.63) is 0 Å². The number of rotatable bonds is 3. The normalized spacial score (nSPS) is 41.7. The van der Waals surface area contributed by atoms with Gasteiger partial charge in [0.1, 0.15) is 5.78 Å². The van der Waals surface area contributed by atoms with Gasteiger partial charge in [0.25, 0.3) is 0 Å². The Morgan fingerprint density at radius 2 is 2.29 bits per heavy atom. The molecule has 2 aliphatic rings. The second-order valence-electron chi connectivity index (χ2n) is 4.89. The number of carbonyl (C=O) groups is 1. The maximum atomic E-state index is 11.7. The Balaban J connectivity index is 2.01. The molecule has 0 heterocycles. The van der Waals surface area contributed by atoms with Crippen molar-refractivity contribution in [3.8, 4) is 0 Å². The molecule has 1 N–H and O–H groups in total. The van der Waals surface area contributed by atoms with Gasteiger partial charge in [0, 0.05) is 11.8 Å². The Labute approximate surface area is 85.7 Å². The van der Waals surface area contributed by atoms with E-state index >= 15 is 0 Å². The van der Waals surface area contributed by atoms with Crippen LogP contribution in [0.2, 0.25) is 0 Å². The molecule has 0 aliphatic heterocycles. The second-order valence-corrected chi connectivity index (χ2v) is 4.89. The van der Waals surface area contributed by atoms with Gasteiger partial charge in [-0.1, -0.05) is 32.6 Å². The topological polar surface area (TPSA) is 37.3 Å². The molecule has 0 aromatic heterocycles. The fourth-order valence-corrected chi connectivity index (χ4v) is 3.18. The lowest BCUT2D eigenvalue weighted by Crippen LogP contribution is -2.64. The van der Waals surface area contributed by atoms with Crippen molar-refractivity contribution in [2.24, 2.45) is 11.8 Å². The Bertz CT molecular complexity index is 236. The van der Waals surface area contributed by atoms with Crippen molar-refractivity contribution in [2.75, 3.05) is 0 Å². The van der Waals surface area contributed by atoms with E-state index in [2.05, 4.69) is 6.92 Å². The van der Waals surface area contributed by atoms with Gasteiger partial charge >= 0.3 is 0 Å². The van der Waals surface area contributed by atoms with E-state index in [0.29, 0.717) is 5.78 Å². The Hall–Kier alpha value is -0.370. The molecule has 0 amide bonds. The number of ketones is 1. The van der Waals surface area contributed by atoms with Crippen LogP contribution in [0.15, 0.2) is 0 Å². The highest BCUT2D eigenvalue weighted by atomic mass is 16.3. The Kier molecular flexibility index (Phi) is 2.65. The lowest BCUT2D eigenvalue weighted by atomic mass is 9.53. The van der Waals surface area contributed by atoms with Gasteiger partial charge in [0.2, 0.25) is 0 Å². The predicted molar refractivity (Wildman–Crippen MR) is 54.9 cm³/mol. The molecule has 3 atom stereocenters. The van der Waals surface area contributed by atoms with Gasteiger partial charge in [-0.3, -0.25) is 4.79 Å². The molecule has 2 aliphatic carbocycles. The number of hydrogen-bond donors (Lipinski definition) is 1. The van der Waals surface area contributed by atoms with Crippen LogP contribution in [-0.2, 0) is 4.79 Å². The predicted octanol–water partition coefficient (Wildman–Crippen LogP) is 2.30. The molecule has 80 valence electrons. The SMILES string of the molecule is CCCCC1C(=O)C2CCCCC12O. The zero-order valence-electron chi connectivity index (χ0n) is 8.96. The average molecular weight is 196 g/mol. The van der Waals surface area contributed by atoms with E-state index < -0.39 is 5.60 Å². The van der Waals surface area contributed by atoms with E-state index in [-0.39, 0.29) is 11.8 Å². The number of fused-ring (bicyclic) bond motifs is 1. The van der Waals surface area contributed by atoms with Gasteiger partial charge in [-0.15, -0.1) is 0 Å². The lowest BCUT2D eigenvalue weighted by molar-refractivity contribution is -0.187. The van der Waals surface area contributed by atoms with E-state index in [1.165, 1.54) is 0 Å². The van der Waals surface area contributed by atoms with E-state index in [1.807, 2.05) is 0 Å². The summed E-state index contributed by atoms with van der Waals surface area (Å²) in [6.45, 7) is 2.13. The Morgan fingerprint density at radius 1 is 1.50 bits per heavy atom. The smallest absolute Gasteiger partial charge is 0.144 e. The zero-order valence-corrected chi connectivity index (χ0v) is 8.96. The molecule has 2 heteroatoms. The monoisotopic (exact) mass is 196 g/mol. The molecule has 2 fully saturated rings. The first-order valence-electron chi connectivity index (χ1n) is 5.96. The minimum atomic E-state index is -0.593. The average Bonchev–Trinajstić information content (AvgIpc) is 2.18. The van der Waals surface area contributed by atoms with Crippen molar-refractivity contribution in [1.29, 1.82) is 0 Å². The van der Waals surface area contributed by atoms with E-state index in [4.69, 9.17) is 0 Å². The fraction of sp³-hybridized carbons (Fsp3) is 0.917. The number of Topliss-reactive ketones (excluding diaryl/α,β-unsaturated/α-hetero) is 1. The van der Waals surface area contributed by atoms with Gasteiger partial charge in [-0.25, -0.2) is 0 Å². The number of aliphatic hydroxyl groups is 1. The molecule has 0 spiro atoms. The summed E-state index contributed by atoms with van der Waals surface area (Å²) in [5.74, 6) is 0.325. The molecule has 2 rings (SSSR count). The first-order valence-corrected chi connectivity index (χ1v) is 5.96. The molecular formula is C12H20O2. The molecule has 14 heavy (non-hydrogen) atoms. The van der Waals surface area contributed by atoms with Gasteiger partial charge in [-0.05, 0) is 19.3 Å². The van der Waals surface area contributed by atoms with Crippen molar-refractivity contribution < 1.29 is 9.90 Å². The maximum absolute atomic E-state index is 11.7. The van der Waals surface area contributed by atoms with Crippen LogP contribution in [0.1, 0.15) is 51.9 Å². The van der Waals surface area contributed by atoms with Crippen LogP contribution in [0.25, 0.3) is 0 Å². The third-order valence-corrected chi connectivity index (χ3v) is 4.06. The van der Waals surface area contributed by atoms with Gasteiger partial charge in [-0.2, -0.15) is 0 Å². The summed E-state index contributed by atoms with van der Waals surface area (Å²) >= 11 is 0. The van der Waals surface area contributed by atoms with Crippen LogP contribution in [-0.4, -0.2) is 16.5 Å². The van der Waals surface area contributed by atoms with Crippen molar-refractivity contribution in [2.45, 2.75) is 57.5 Å². The van der Waals surface area contributed by atoms with Crippen LogP contribution in [0.4, 0.5) is 0 Å². The standard InChI is InChI=1S/C12H20O2/c1-2-3-6-9-11(13)10-7-4-5-8-12(9,10)14/h9-10,14H,2-8H2,1H3. The van der Waals surface area contributed by atoms with E-state index in [1.54, 1.807) is 0 Å². The van der Waals surface area contributed by atoms with Crippen molar-refractivity contribution in [3.63, 3.8) is 0 Å². The zero-order chi connectivity index (χ0) is 10.2. The summed E-state index contributed by atoms with van der Waals surface area (Å²) in [5.41, 5.74) is -0.593. The van der Waals surface area contributed by atoms with Crippen LogP contribution in [0.3, 0.4) is 0 Å². The fourth-order valence-electron chi connectivity index (χ4n) is 3.18. The van der Waals surface area contributed by atoms with Crippen molar-refractivity contribution in [1.82, 2.24) is 0 Å². The third kappa shape index (κ3) is 1.31. The largest absolute Gasteiger partial charge is 0.388 e. The molecule has 0 bridgehead atoms. The van der Waals surface area contributed by atoms with Gasteiger partial charge in [0.15, 0.2) is 0 Å². The summed E-state index contributed by atoms with van der Waals surface area (Å²) in [6.07, 6.45) is 7.11. The molecule has 0 aromatic carbocycles.